The molecule has 0 aromatic heterocycles. The van der Waals surface area contributed by atoms with Crippen LogP contribution in [0.25, 0.3) is 0 Å². The van der Waals surface area contributed by atoms with E-state index in [1.807, 2.05) is 0 Å². The van der Waals surface area contributed by atoms with Crippen LogP contribution in [0, 0.1) is 0 Å². The number of carbonyl (C=O) groups is 1. The third-order valence-electron chi connectivity index (χ3n) is 2.13. The highest BCUT2D eigenvalue weighted by Gasteiger charge is 2.37. The van der Waals surface area contributed by atoms with Crippen molar-refractivity contribution < 1.29 is 19.7 Å². The molecule has 15 heavy (non-hydrogen) atoms. The monoisotopic (exact) mass is 270 g/mol. The van der Waals surface area contributed by atoms with Crippen LogP contribution in [0.5, 0.6) is 0 Å². The van der Waals surface area contributed by atoms with Gasteiger partial charge in [-0.15, -0.1) is 0 Å². The molecule has 5 heteroatoms. The van der Waals surface area contributed by atoms with Gasteiger partial charge in [0.15, 0.2) is 5.76 Å². The second-order valence-electron chi connectivity index (χ2n) is 3.10. The number of rotatable bonds is 1. The maximum atomic E-state index is 11.3. The summed E-state index contributed by atoms with van der Waals surface area (Å²) in [6.07, 6.45) is 0. The van der Waals surface area contributed by atoms with Crippen LogP contribution < -0.4 is 0 Å². The fourth-order valence-corrected chi connectivity index (χ4v) is 1.66. The maximum absolute atomic E-state index is 11.3. The van der Waals surface area contributed by atoms with Crippen LogP contribution in [0.4, 0.5) is 0 Å². The van der Waals surface area contributed by atoms with E-state index in [0.29, 0.717) is 5.56 Å². The first-order valence-corrected chi connectivity index (χ1v) is 4.98. The van der Waals surface area contributed by atoms with Crippen LogP contribution in [-0.2, 0) is 9.53 Å². The van der Waals surface area contributed by atoms with Crippen molar-refractivity contribution in [1.29, 1.82) is 0 Å². The molecule has 0 radical (unpaired) electrons. The zero-order valence-corrected chi connectivity index (χ0v) is 9.06. The van der Waals surface area contributed by atoms with Crippen LogP contribution in [0.3, 0.4) is 0 Å². The zero-order valence-electron chi connectivity index (χ0n) is 7.48. The average molecular weight is 271 g/mol. The molecule has 0 fully saturated rings. The smallest absolute Gasteiger partial charge is 0.329 e. The maximum Gasteiger partial charge on any atom is 0.329 e. The van der Waals surface area contributed by atoms with Gasteiger partial charge in [-0.2, -0.15) is 0 Å². The number of hydrogen-bond acceptors (Lipinski definition) is 4. The van der Waals surface area contributed by atoms with Gasteiger partial charge in [-0.05, 0) is 17.7 Å². The van der Waals surface area contributed by atoms with Gasteiger partial charge >= 0.3 is 11.9 Å². The summed E-state index contributed by atoms with van der Waals surface area (Å²) in [6.45, 7) is 0. The van der Waals surface area contributed by atoms with Crippen molar-refractivity contribution in [3.05, 3.63) is 46.0 Å². The molecule has 1 aliphatic rings. The number of ether oxygens (including phenoxy) is 1. The van der Waals surface area contributed by atoms with Gasteiger partial charge in [0.25, 0.3) is 0 Å². The lowest BCUT2D eigenvalue weighted by Crippen LogP contribution is -2.09. The molecule has 1 aromatic rings. The van der Waals surface area contributed by atoms with Gasteiger partial charge in [0.1, 0.15) is 5.92 Å². The first kappa shape index (κ1) is 10.0. The summed E-state index contributed by atoms with van der Waals surface area (Å²) in [4.78, 5) is 11.3. The minimum absolute atomic E-state index is 0.442. The van der Waals surface area contributed by atoms with Gasteiger partial charge in [-0.3, -0.25) is 4.79 Å². The van der Waals surface area contributed by atoms with Crippen molar-refractivity contribution in [1.82, 2.24) is 0 Å². The lowest BCUT2D eigenvalue weighted by Gasteiger charge is -2.05. The Morgan fingerprint density at radius 3 is 2.27 bits per heavy atom. The summed E-state index contributed by atoms with van der Waals surface area (Å²) >= 11 is 3.26. The van der Waals surface area contributed by atoms with Crippen molar-refractivity contribution in [2.24, 2.45) is 0 Å². The third-order valence-corrected chi connectivity index (χ3v) is 2.66. The van der Waals surface area contributed by atoms with E-state index < -0.39 is 23.6 Å². The van der Waals surface area contributed by atoms with Gasteiger partial charge in [0.05, 0.1) is 0 Å². The molecule has 1 aromatic carbocycles. The van der Waals surface area contributed by atoms with Crippen molar-refractivity contribution in [3.8, 4) is 0 Å². The van der Waals surface area contributed by atoms with E-state index in [0.717, 1.165) is 4.47 Å². The first-order valence-electron chi connectivity index (χ1n) is 4.19. The highest BCUT2D eigenvalue weighted by Crippen LogP contribution is 2.32. The van der Waals surface area contributed by atoms with E-state index in [1.165, 1.54) is 0 Å². The standard InChI is InChI=1S/C10H7BrO4/c11-6-3-1-5(2-4-6)7-8(12)10(14)15-9(7)13/h1-4,7,12,14H. The summed E-state index contributed by atoms with van der Waals surface area (Å²) in [5.41, 5.74) is 0.574. The molecule has 0 aliphatic carbocycles. The molecule has 0 amide bonds. The molecule has 1 unspecified atom stereocenters. The Balaban J connectivity index is 2.39. The Kier molecular flexibility index (Phi) is 2.40. The number of hydrogen-bond donors (Lipinski definition) is 2. The van der Waals surface area contributed by atoms with Gasteiger partial charge in [-0.1, -0.05) is 28.1 Å². The zero-order chi connectivity index (χ0) is 11.0. The van der Waals surface area contributed by atoms with E-state index in [-0.39, 0.29) is 0 Å². The van der Waals surface area contributed by atoms with Gasteiger partial charge in [-0.25, -0.2) is 0 Å². The number of aliphatic hydroxyl groups is 2. The molecule has 1 aliphatic heterocycles. The molecular weight excluding hydrogens is 264 g/mol. The predicted octanol–water partition coefficient (Wildman–Crippen LogP) is 2.37. The number of aliphatic hydroxyl groups excluding tert-OH is 2. The fourth-order valence-electron chi connectivity index (χ4n) is 1.39. The van der Waals surface area contributed by atoms with Crippen LogP contribution >= 0.6 is 15.9 Å². The first-order chi connectivity index (χ1) is 7.09. The number of halogens is 1. The molecule has 2 rings (SSSR count). The summed E-state index contributed by atoms with van der Waals surface area (Å²) < 4.78 is 5.27. The second kappa shape index (κ2) is 3.58. The average Bonchev–Trinajstić information content (AvgIpc) is 2.44. The lowest BCUT2D eigenvalue weighted by molar-refractivity contribution is -0.140. The van der Waals surface area contributed by atoms with E-state index in [2.05, 4.69) is 20.7 Å². The molecule has 4 nitrogen and oxygen atoms in total. The summed E-state index contributed by atoms with van der Waals surface area (Å²) in [5.74, 6) is -2.75. The molecule has 2 N–H and O–H groups in total. The number of carbonyl (C=O) groups excluding carboxylic acids is 1. The number of cyclic esters (lactones) is 1. The third kappa shape index (κ3) is 1.70. The Hall–Kier alpha value is -1.49. The fraction of sp³-hybridized carbons (Fsp3) is 0.100. The van der Waals surface area contributed by atoms with Crippen molar-refractivity contribution in [3.63, 3.8) is 0 Å². The highest BCUT2D eigenvalue weighted by atomic mass is 79.9. The predicted molar refractivity (Wildman–Crippen MR) is 55.3 cm³/mol. The van der Waals surface area contributed by atoms with Crippen LogP contribution in [0.15, 0.2) is 40.4 Å². The lowest BCUT2D eigenvalue weighted by atomic mass is 9.99. The summed E-state index contributed by atoms with van der Waals surface area (Å²) in [6, 6.07) is 6.83. The van der Waals surface area contributed by atoms with Crippen molar-refractivity contribution >= 4 is 21.9 Å². The Morgan fingerprint density at radius 1 is 1.20 bits per heavy atom. The quantitative estimate of drug-likeness (QED) is 0.769. The van der Waals surface area contributed by atoms with E-state index in [9.17, 15) is 9.90 Å². The second-order valence-corrected chi connectivity index (χ2v) is 4.01. The van der Waals surface area contributed by atoms with Crippen LogP contribution in [0.1, 0.15) is 11.5 Å². The van der Waals surface area contributed by atoms with Crippen LogP contribution in [-0.4, -0.2) is 16.2 Å². The van der Waals surface area contributed by atoms with Gasteiger partial charge in [0, 0.05) is 4.47 Å². The van der Waals surface area contributed by atoms with E-state index >= 15 is 0 Å². The minimum atomic E-state index is -0.918. The largest absolute Gasteiger partial charge is 0.505 e. The Labute approximate surface area is 93.9 Å². The molecule has 1 heterocycles. The number of benzene rings is 1. The molecule has 1 atom stereocenters. The molecule has 0 saturated carbocycles. The molecule has 0 bridgehead atoms. The van der Waals surface area contributed by atoms with Gasteiger partial charge in [0.2, 0.25) is 0 Å². The highest BCUT2D eigenvalue weighted by molar-refractivity contribution is 9.10. The molecule has 0 saturated heterocycles. The number of esters is 1. The van der Waals surface area contributed by atoms with Crippen LogP contribution in [0.2, 0.25) is 0 Å². The topological polar surface area (TPSA) is 66.8 Å². The summed E-state index contributed by atoms with van der Waals surface area (Å²) in [5, 5.41) is 18.5. The molecular formula is C10H7BrO4. The van der Waals surface area contributed by atoms with Gasteiger partial charge < -0.3 is 14.9 Å². The van der Waals surface area contributed by atoms with Crippen molar-refractivity contribution in [2.75, 3.05) is 0 Å². The molecule has 0 spiro atoms. The SMILES string of the molecule is O=C1OC(O)=C(O)C1c1ccc(Br)cc1. The van der Waals surface area contributed by atoms with E-state index in [1.54, 1.807) is 24.3 Å². The van der Waals surface area contributed by atoms with E-state index in [4.69, 9.17) is 5.11 Å². The van der Waals surface area contributed by atoms with Crippen molar-refractivity contribution in [2.45, 2.75) is 5.92 Å². The normalized spacial score (nSPS) is 20.6. The minimum Gasteiger partial charge on any atom is -0.505 e. The molecule has 78 valence electrons. The Bertz CT molecular complexity index is 435. The summed E-state index contributed by atoms with van der Waals surface area (Å²) in [7, 11) is 0. The Morgan fingerprint density at radius 2 is 1.80 bits per heavy atom.